The summed E-state index contributed by atoms with van der Waals surface area (Å²) in [5.41, 5.74) is 23.1. The van der Waals surface area contributed by atoms with Crippen LogP contribution >= 0.6 is 0 Å². The standard InChI is InChI=1S/C22H43N5O13.2H2O4S/c23-2-1-8(29)20(36)27-7-3-6(25)18(39-22-16(34)15(33)13(31)9(4-24)37-22)17(35)19(7)40-21-14(32)11(26)12(30)10(5-28)38-21;2*1-5(2,3)4/h6-19,21-22,28-35H,1-5,23-26H2,(H,27,36);2*(H2,1,2,3,4)/t6-,7+,8?,9+,10+,11-,12+,13+,14+,15-,16+,17-,18?,19-,21+,22+;;/m0../s1. The quantitative estimate of drug-likeness (QED) is 0.0915. The Kier molecular flexibility index (Phi) is 18.8. The van der Waals surface area contributed by atoms with Crippen molar-refractivity contribution in [3.05, 3.63) is 0 Å². The van der Waals surface area contributed by atoms with Gasteiger partial charge in [0.2, 0.25) is 5.91 Å². The van der Waals surface area contributed by atoms with Crippen LogP contribution in [0.3, 0.4) is 0 Å². The molecule has 21 N–H and O–H groups in total. The van der Waals surface area contributed by atoms with E-state index in [1.807, 2.05) is 0 Å². The molecule has 2 saturated heterocycles. The summed E-state index contributed by atoms with van der Waals surface area (Å²) in [7, 11) is -9.33. The van der Waals surface area contributed by atoms with E-state index in [2.05, 4.69) is 5.32 Å². The summed E-state index contributed by atoms with van der Waals surface area (Å²) >= 11 is 0. The molecule has 0 bridgehead atoms. The smallest absolute Gasteiger partial charge is 0.394 e. The van der Waals surface area contributed by atoms with Crippen molar-refractivity contribution < 1.29 is 99.6 Å². The number of carbonyl (C=O) groups excluding carboxylic acids is 1. The second kappa shape index (κ2) is 20.1. The maximum Gasteiger partial charge on any atom is 0.394 e. The van der Waals surface area contributed by atoms with E-state index in [1.54, 1.807) is 0 Å². The van der Waals surface area contributed by atoms with Gasteiger partial charge in [-0.2, -0.15) is 16.8 Å². The molecule has 2 unspecified atom stereocenters. The fraction of sp³-hybridized carbons (Fsp3) is 0.955. The number of nitrogens with one attached hydrogen (secondary N) is 1. The lowest BCUT2D eigenvalue weighted by molar-refractivity contribution is -0.332. The molecule has 50 heavy (non-hydrogen) atoms. The Bertz CT molecular complexity index is 1200. The highest BCUT2D eigenvalue weighted by Gasteiger charge is 2.52. The minimum Gasteiger partial charge on any atom is -0.394 e. The molecule has 3 fully saturated rings. The zero-order chi connectivity index (χ0) is 38.9. The van der Waals surface area contributed by atoms with Crippen molar-refractivity contribution >= 4 is 26.7 Å². The van der Waals surface area contributed by atoms with Gasteiger partial charge in [0, 0.05) is 12.6 Å². The third kappa shape index (κ3) is 14.5. The van der Waals surface area contributed by atoms with Gasteiger partial charge < -0.3 is 88.1 Å². The van der Waals surface area contributed by atoms with E-state index in [4.69, 9.17) is 76.9 Å². The SMILES string of the molecule is NCCC(O)C(=O)N[C@@H]1C[C@H](N)C(O[C@H]2O[C@H](CN)[C@@H](O)[C@H](O)[C@H]2O)[C@H](O)[C@H]1O[C@H]1O[C@H](CO)[C@@H](O)[C@H](N)[C@H]1O.O=S(=O)(O)O.O=S(=O)(O)O. The molecule has 0 aromatic carbocycles. The number of amides is 1. The number of hydrogen-bond donors (Lipinski definition) is 17. The molecule has 1 saturated carbocycles. The predicted molar refractivity (Wildman–Crippen MR) is 160 cm³/mol. The second-order valence-corrected chi connectivity index (χ2v) is 13.0. The Morgan fingerprint density at radius 2 is 1.24 bits per heavy atom. The van der Waals surface area contributed by atoms with Gasteiger partial charge >= 0.3 is 20.8 Å². The van der Waals surface area contributed by atoms with Crippen LogP contribution in [-0.4, -0.2) is 199 Å². The van der Waals surface area contributed by atoms with Gasteiger partial charge in [-0.15, -0.1) is 0 Å². The monoisotopic (exact) mass is 781 g/mol. The summed E-state index contributed by atoms with van der Waals surface area (Å²) < 4.78 is 85.7. The number of aliphatic hydroxyl groups excluding tert-OH is 8. The molecule has 0 spiro atoms. The molecule has 26 nitrogen and oxygen atoms in total. The Balaban J connectivity index is 0.00000109. The molecule has 298 valence electrons. The molecule has 0 aromatic heterocycles. The molecule has 1 aliphatic carbocycles. The van der Waals surface area contributed by atoms with Gasteiger partial charge in [-0.25, -0.2) is 0 Å². The molecule has 28 heteroatoms. The first kappa shape index (κ1) is 46.6. The molecule has 16 atom stereocenters. The first-order chi connectivity index (χ1) is 22.9. The summed E-state index contributed by atoms with van der Waals surface area (Å²) in [6.45, 7) is -0.898. The van der Waals surface area contributed by atoms with Crippen LogP contribution in [0.25, 0.3) is 0 Å². The molecule has 3 rings (SSSR count). The minimum absolute atomic E-state index is 0.0101. The lowest BCUT2D eigenvalue weighted by Gasteiger charge is -2.49. The first-order valence-corrected chi connectivity index (χ1v) is 17.3. The van der Waals surface area contributed by atoms with Crippen molar-refractivity contribution in [2.45, 2.75) is 111 Å². The summed E-state index contributed by atoms with van der Waals surface area (Å²) in [6.07, 6.45) is -19.8. The van der Waals surface area contributed by atoms with Crippen LogP contribution in [0, 0.1) is 0 Å². The molecular formula is C22H47N5O21S2. The van der Waals surface area contributed by atoms with Crippen LogP contribution in [0.2, 0.25) is 0 Å². The van der Waals surface area contributed by atoms with Gasteiger partial charge in [-0.3, -0.25) is 23.0 Å². The molecule has 1 amide bonds. The van der Waals surface area contributed by atoms with E-state index >= 15 is 0 Å². The number of ether oxygens (including phenoxy) is 4. The van der Waals surface area contributed by atoms with E-state index in [0.29, 0.717) is 0 Å². The van der Waals surface area contributed by atoms with E-state index in [0.717, 1.165) is 0 Å². The Morgan fingerprint density at radius 3 is 1.72 bits per heavy atom. The van der Waals surface area contributed by atoms with Crippen molar-refractivity contribution in [1.29, 1.82) is 0 Å². The molecule has 3 aliphatic rings. The third-order valence-corrected chi connectivity index (χ3v) is 7.51. The van der Waals surface area contributed by atoms with Crippen LogP contribution in [0.5, 0.6) is 0 Å². The van der Waals surface area contributed by atoms with Crippen molar-refractivity contribution in [3.63, 3.8) is 0 Å². The maximum absolute atomic E-state index is 12.6. The lowest BCUT2D eigenvalue weighted by Crippen LogP contribution is -2.69. The highest BCUT2D eigenvalue weighted by Crippen LogP contribution is 2.32. The summed E-state index contributed by atoms with van der Waals surface area (Å²) in [4.78, 5) is 12.6. The van der Waals surface area contributed by atoms with Gasteiger partial charge in [0.1, 0.15) is 67.1 Å². The third-order valence-electron chi connectivity index (χ3n) is 7.51. The fourth-order valence-electron chi connectivity index (χ4n) is 5.07. The van der Waals surface area contributed by atoms with Crippen molar-refractivity contribution in [2.75, 3.05) is 19.7 Å². The van der Waals surface area contributed by atoms with Gasteiger partial charge in [0.25, 0.3) is 0 Å². The number of rotatable bonds is 10. The number of nitrogens with two attached hydrogens (primary N) is 4. The highest BCUT2D eigenvalue weighted by atomic mass is 32.3. The van der Waals surface area contributed by atoms with Crippen LogP contribution < -0.4 is 28.3 Å². The van der Waals surface area contributed by atoms with E-state index in [1.165, 1.54) is 0 Å². The topological polar surface area (TPSA) is 481 Å². The normalized spacial score (nSPS) is 40.0. The predicted octanol–water partition coefficient (Wildman–Crippen LogP) is -9.73. The second-order valence-electron chi connectivity index (χ2n) is 11.2. The van der Waals surface area contributed by atoms with Crippen LogP contribution in [-0.2, 0) is 44.5 Å². The molecule has 0 radical (unpaired) electrons. The summed E-state index contributed by atoms with van der Waals surface area (Å²) in [5, 5.41) is 84.9. The molecule has 0 aromatic rings. The Labute approximate surface area is 285 Å². The average molecular weight is 782 g/mol. The molecular weight excluding hydrogens is 734 g/mol. The maximum atomic E-state index is 12.6. The van der Waals surface area contributed by atoms with Crippen LogP contribution in [0.4, 0.5) is 0 Å². The van der Waals surface area contributed by atoms with Crippen molar-refractivity contribution in [3.8, 4) is 0 Å². The largest absolute Gasteiger partial charge is 0.394 e. The zero-order valence-electron chi connectivity index (χ0n) is 25.9. The number of aliphatic hydroxyl groups is 8. The summed E-state index contributed by atoms with van der Waals surface area (Å²) in [5.74, 6) is -0.845. The highest BCUT2D eigenvalue weighted by molar-refractivity contribution is 7.80. The minimum atomic E-state index is -4.67. The van der Waals surface area contributed by atoms with Crippen LogP contribution in [0.1, 0.15) is 12.8 Å². The summed E-state index contributed by atoms with van der Waals surface area (Å²) in [6, 6.07) is -3.45. The number of carbonyl (C=O) groups is 1. The molecule has 2 aliphatic heterocycles. The average Bonchev–Trinajstić information content (AvgIpc) is 2.99. The van der Waals surface area contributed by atoms with Gasteiger partial charge in [-0.05, 0) is 19.4 Å². The van der Waals surface area contributed by atoms with Gasteiger partial charge in [0.05, 0.1) is 18.7 Å². The van der Waals surface area contributed by atoms with E-state index < -0.39 is 131 Å². The van der Waals surface area contributed by atoms with Crippen molar-refractivity contribution in [2.24, 2.45) is 22.9 Å². The van der Waals surface area contributed by atoms with Gasteiger partial charge in [-0.1, -0.05) is 0 Å². The lowest BCUT2D eigenvalue weighted by atomic mass is 9.83. The van der Waals surface area contributed by atoms with Crippen molar-refractivity contribution in [1.82, 2.24) is 5.32 Å². The van der Waals surface area contributed by atoms with Crippen LogP contribution in [0.15, 0.2) is 0 Å². The first-order valence-electron chi connectivity index (χ1n) is 14.5. The molecule has 2 heterocycles. The Hall–Kier alpha value is -1.43. The van der Waals surface area contributed by atoms with Gasteiger partial charge in [0.15, 0.2) is 12.6 Å². The number of hydrogen-bond acceptors (Lipinski definition) is 21. The van der Waals surface area contributed by atoms with E-state index in [9.17, 15) is 45.6 Å². The van der Waals surface area contributed by atoms with E-state index in [-0.39, 0.29) is 25.9 Å². The zero-order valence-corrected chi connectivity index (χ0v) is 27.6. The Morgan fingerprint density at radius 1 is 0.760 bits per heavy atom. The fourth-order valence-corrected chi connectivity index (χ4v) is 5.07.